The fourth-order valence-corrected chi connectivity index (χ4v) is 2.66. The van der Waals surface area contributed by atoms with Gasteiger partial charge in [0.05, 0.1) is 11.5 Å². The van der Waals surface area contributed by atoms with Crippen LogP contribution in [0.4, 0.5) is 17.6 Å². The lowest BCUT2D eigenvalue weighted by Crippen LogP contribution is -2.48. The van der Waals surface area contributed by atoms with Crippen molar-refractivity contribution in [3.8, 4) is 0 Å². The van der Waals surface area contributed by atoms with Crippen molar-refractivity contribution in [2.75, 3.05) is 6.54 Å². The van der Waals surface area contributed by atoms with Gasteiger partial charge in [-0.05, 0) is 38.0 Å². The zero-order valence-electron chi connectivity index (χ0n) is 12.4. The molecular formula is C15H16F4N2O2. The van der Waals surface area contributed by atoms with Crippen LogP contribution in [0.1, 0.15) is 35.7 Å². The molecule has 4 nitrogen and oxygen atoms in total. The Bertz CT molecular complexity index is 630. The van der Waals surface area contributed by atoms with Gasteiger partial charge in [-0.1, -0.05) is 0 Å². The minimum absolute atomic E-state index is 0.0497. The lowest BCUT2D eigenvalue weighted by molar-refractivity contribution is -0.140. The van der Waals surface area contributed by atoms with E-state index in [9.17, 15) is 27.2 Å². The number of halogens is 4. The van der Waals surface area contributed by atoms with Gasteiger partial charge >= 0.3 is 6.18 Å². The highest BCUT2D eigenvalue weighted by Crippen LogP contribution is 2.32. The lowest BCUT2D eigenvalue weighted by atomic mass is 9.92. The number of amides is 2. The van der Waals surface area contributed by atoms with Crippen molar-refractivity contribution in [1.29, 1.82) is 0 Å². The first kappa shape index (κ1) is 17.2. The summed E-state index contributed by atoms with van der Waals surface area (Å²) in [5.74, 6) is -3.19. The number of rotatable bonds is 2. The van der Waals surface area contributed by atoms with Crippen LogP contribution in [0.15, 0.2) is 18.2 Å². The van der Waals surface area contributed by atoms with Gasteiger partial charge < -0.3 is 10.6 Å². The number of primary amides is 1. The van der Waals surface area contributed by atoms with Gasteiger partial charge in [0.1, 0.15) is 5.82 Å². The van der Waals surface area contributed by atoms with E-state index in [1.165, 1.54) is 4.90 Å². The van der Waals surface area contributed by atoms with Crippen molar-refractivity contribution in [1.82, 2.24) is 4.90 Å². The molecule has 2 N–H and O–H groups in total. The molecule has 1 fully saturated rings. The highest BCUT2D eigenvalue weighted by atomic mass is 19.4. The Kier molecular flexibility index (Phi) is 4.63. The van der Waals surface area contributed by atoms with E-state index in [2.05, 4.69) is 0 Å². The molecule has 0 aliphatic carbocycles. The van der Waals surface area contributed by atoms with Gasteiger partial charge in [0.25, 0.3) is 5.91 Å². The van der Waals surface area contributed by atoms with E-state index in [0.717, 1.165) is 6.07 Å². The van der Waals surface area contributed by atoms with Gasteiger partial charge in [-0.15, -0.1) is 0 Å². The lowest BCUT2D eigenvalue weighted by Gasteiger charge is -2.37. The zero-order valence-corrected chi connectivity index (χ0v) is 12.4. The smallest absolute Gasteiger partial charge is 0.369 e. The third-order valence-electron chi connectivity index (χ3n) is 4.06. The number of carbonyl (C=O) groups is 2. The quantitative estimate of drug-likeness (QED) is 0.846. The molecule has 0 spiro atoms. The summed E-state index contributed by atoms with van der Waals surface area (Å²) < 4.78 is 51.6. The molecule has 0 bridgehead atoms. The summed E-state index contributed by atoms with van der Waals surface area (Å²) in [7, 11) is 0. The Morgan fingerprint density at radius 2 is 1.91 bits per heavy atom. The van der Waals surface area contributed by atoms with Gasteiger partial charge in [0, 0.05) is 18.2 Å². The molecule has 8 heteroatoms. The molecule has 1 aliphatic rings. The Morgan fingerprint density at radius 3 is 2.48 bits per heavy atom. The van der Waals surface area contributed by atoms with Crippen LogP contribution in [-0.4, -0.2) is 29.3 Å². The van der Waals surface area contributed by atoms with E-state index in [-0.39, 0.29) is 18.2 Å². The first-order valence-electron chi connectivity index (χ1n) is 7.08. The zero-order chi connectivity index (χ0) is 17.4. The normalized spacial score (nSPS) is 22.0. The van der Waals surface area contributed by atoms with Crippen molar-refractivity contribution in [2.24, 2.45) is 11.7 Å². The van der Waals surface area contributed by atoms with E-state index < -0.39 is 35.3 Å². The van der Waals surface area contributed by atoms with Crippen molar-refractivity contribution in [3.05, 3.63) is 35.1 Å². The average Bonchev–Trinajstić information content (AvgIpc) is 2.46. The van der Waals surface area contributed by atoms with Crippen LogP contribution in [0, 0.1) is 11.7 Å². The molecule has 0 aromatic heterocycles. The Balaban J connectivity index is 2.31. The van der Waals surface area contributed by atoms with Crippen LogP contribution in [0.5, 0.6) is 0 Å². The molecule has 0 radical (unpaired) electrons. The predicted molar refractivity (Wildman–Crippen MR) is 73.8 cm³/mol. The number of nitrogens with zero attached hydrogens (tertiary/aromatic N) is 1. The monoisotopic (exact) mass is 332 g/mol. The SMILES string of the molecule is C[C@H]1CC[C@H](C(N)=O)CN1C(=O)c1ccc(F)c(C(F)(F)F)c1. The van der Waals surface area contributed by atoms with Gasteiger partial charge in [-0.2, -0.15) is 13.2 Å². The molecule has 1 aromatic carbocycles. The molecule has 2 atom stereocenters. The summed E-state index contributed by atoms with van der Waals surface area (Å²) in [4.78, 5) is 25.0. The number of hydrogen-bond acceptors (Lipinski definition) is 2. The third-order valence-corrected chi connectivity index (χ3v) is 4.06. The van der Waals surface area contributed by atoms with Crippen LogP contribution in [-0.2, 0) is 11.0 Å². The summed E-state index contributed by atoms with van der Waals surface area (Å²) in [5.41, 5.74) is 3.49. The van der Waals surface area contributed by atoms with E-state index >= 15 is 0 Å². The second-order valence-corrected chi connectivity index (χ2v) is 5.68. The van der Waals surface area contributed by atoms with Crippen molar-refractivity contribution in [2.45, 2.75) is 32.0 Å². The summed E-state index contributed by atoms with van der Waals surface area (Å²) >= 11 is 0. The van der Waals surface area contributed by atoms with Gasteiger partial charge in [0.15, 0.2) is 0 Å². The van der Waals surface area contributed by atoms with Crippen LogP contribution >= 0.6 is 0 Å². The molecule has 0 saturated carbocycles. The highest BCUT2D eigenvalue weighted by molar-refractivity contribution is 5.95. The molecule has 23 heavy (non-hydrogen) atoms. The number of carbonyl (C=O) groups excluding carboxylic acids is 2. The van der Waals surface area contributed by atoms with E-state index in [1.54, 1.807) is 6.92 Å². The van der Waals surface area contributed by atoms with E-state index in [4.69, 9.17) is 5.73 Å². The minimum atomic E-state index is -4.89. The number of piperidine rings is 1. The van der Waals surface area contributed by atoms with Crippen molar-refractivity contribution >= 4 is 11.8 Å². The molecule has 1 heterocycles. The molecule has 1 aromatic rings. The topological polar surface area (TPSA) is 63.4 Å². The predicted octanol–water partition coefficient (Wildman–Crippen LogP) is 2.57. The van der Waals surface area contributed by atoms with Crippen molar-refractivity contribution < 1.29 is 27.2 Å². The van der Waals surface area contributed by atoms with Crippen LogP contribution < -0.4 is 5.73 Å². The largest absolute Gasteiger partial charge is 0.419 e. The maximum Gasteiger partial charge on any atom is 0.419 e. The summed E-state index contributed by atoms with van der Waals surface area (Å²) in [6.07, 6.45) is -3.84. The van der Waals surface area contributed by atoms with E-state index in [1.807, 2.05) is 0 Å². The molecule has 1 saturated heterocycles. The summed E-state index contributed by atoms with van der Waals surface area (Å²) in [6.45, 7) is 1.79. The fourth-order valence-electron chi connectivity index (χ4n) is 2.66. The number of hydrogen-bond donors (Lipinski definition) is 1. The standard InChI is InChI=1S/C15H16F4N2O2/c1-8-2-3-10(13(20)22)7-21(8)14(23)9-4-5-12(16)11(6-9)15(17,18)19/h4-6,8,10H,2-3,7H2,1H3,(H2,20,22)/t8-,10-/m0/s1. The fraction of sp³-hybridized carbons (Fsp3) is 0.467. The second kappa shape index (κ2) is 6.17. The number of likely N-dealkylation sites (tertiary alicyclic amines) is 1. The minimum Gasteiger partial charge on any atom is -0.369 e. The second-order valence-electron chi connectivity index (χ2n) is 5.68. The van der Waals surface area contributed by atoms with Gasteiger partial charge in [-0.3, -0.25) is 9.59 Å². The molecule has 1 aliphatic heterocycles. The highest BCUT2D eigenvalue weighted by Gasteiger charge is 2.36. The summed E-state index contributed by atoms with van der Waals surface area (Å²) in [5, 5.41) is 0. The first-order valence-corrected chi connectivity index (χ1v) is 7.08. The van der Waals surface area contributed by atoms with Crippen molar-refractivity contribution in [3.63, 3.8) is 0 Å². The van der Waals surface area contributed by atoms with Crippen LogP contribution in [0.2, 0.25) is 0 Å². The number of nitrogens with two attached hydrogens (primary N) is 1. The van der Waals surface area contributed by atoms with Gasteiger partial charge in [0.2, 0.25) is 5.91 Å². The molecule has 126 valence electrons. The molecular weight excluding hydrogens is 316 g/mol. The summed E-state index contributed by atoms with van der Waals surface area (Å²) in [6, 6.07) is 1.89. The maximum absolute atomic E-state index is 13.3. The average molecular weight is 332 g/mol. The Hall–Kier alpha value is -2.12. The Morgan fingerprint density at radius 1 is 1.26 bits per heavy atom. The van der Waals surface area contributed by atoms with Gasteiger partial charge in [-0.25, -0.2) is 4.39 Å². The maximum atomic E-state index is 13.3. The Labute approximate surface area is 130 Å². The van der Waals surface area contributed by atoms with E-state index in [0.29, 0.717) is 25.0 Å². The molecule has 0 unspecified atom stereocenters. The van der Waals surface area contributed by atoms with Crippen LogP contribution in [0.3, 0.4) is 0 Å². The number of alkyl halides is 3. The molecule has 2 rings (SSSR count). The molecule has 2 amide bonds. The van der Waals surface area contributed by atoms with Crippen LogP contribution in [0.25, 0.3) is 0 Å². The first-order chi connectivity index (χ1) is 10.6. The number of benzene rings is 1. The third kappa shape index (κ3) is 3.62.